The van der Waals surface area contributed by atoms with Crippen LogP contribution in [0.1, 0.15) is 29.0 Å². The van der Waals surface area contributed by atoms with E-state index in [0.29, 0.717) is 56.3 Å². The SMILES string of the molecule is O=S(=O)(Nc1ncccn1)c1ccc2c(c1)OCC[C@H]2c1ccc(C(F)(F)F)cc1N1CCOCC1. The second-order valence-electron chi connectivity index (χ2n) is 8.44. The molecule has 190 valence electrons. The lowest BCUT2D eigenvalue weighted by molar-refractivity contribution is -0.137. The van der Waals surface area contributed by atoms with Gasteiger partial charge in [-0.1, -0.05) is 12.1 Å². The van der Waals surface area contributed by atoms with Crippen LogP contribution in [0.5, 0.6) is 5.75 Å². The predicted molar refractivity (Wildman–Crippen MR) is 126 cm³/mol. The number of alkyl halides is 3. The van der Waals surface area contributed by atoms with E-state index in [4.69, 9.17) is 9.47 Å². The predicted octanol–water partition coefficient (Wildman–Crippen LogP) is 4.05. The van der Waals surface area contributed by atoms with E-state index >= 15 is 0 Å². The molecule has 0 bridgehead atoms. The van der Waals surface area contributed by atoms with Crippen molar-refractivity contribution in [2.75, 3.05) is 42.5 Å². The van der Waals surface area contributed by atoms with Crippen LogP contribution in [0.4, 0.5) is 24.8 Å². The Morgan fingerprint density at radius 2 is 1.69 bits per heavy atom. The van der Waals surface area contributed by atoms with Crippen molar-refractivity contribution in [3.05, 3.63) is 71.5 Å². The van der Waals surface area contributed by atoms with Gasteiger partial charge in [-0.3, -0.25) is 0 Å². The van der Waals surface area contributed by atoms with Crippen molar-refractivity contribution in [1.82, 2.24) is 9.97 Å². The molecule has 1 atom stereocenters. The Balaban J connectivity index is 1.51. The fourth-order valence-corrected chi connectivity index (χ4v) is 5.46. The fourth-order valence-electron chi connectivity index (χ4n) is 4.48. The number of ether oxygens (including phenoxy) is 2. The highest BCUT2D eigenvalue weighted by atomic mass is 32.2. The number of sulfonamides is 1. The molecule has 0 spiro atoms. The number of halogens is 3. The van der Waals surface area contributed by atoms with Crippen molar-refractivity contribution in [2.24, 2.45) is 0 Å². The zero-order valence-corrected chi connectivity index (χ0v) is 19.8. The molecule has 0 unspecified atom stereocenters. The molecule has 1 N–H and O–H groups in total. The Morgan fingerprint density at radius 1 is 0.972 bits per heavy atom. The smallest absolute Gasteiger partial charge is 0.416 e. The number of nitrogens with zero attached hydrogens (tertiary/aromatic N) is 3. The molecule has 2 aromatic carbocycles. The summed E-state index contributed by atoms with van der Waals surface area (Å²) in [5.74, 6) is 0.0425. The van der Waals surface area contributed by atoms with Crippen LogP contribution in [-0.4, -0.2) is 51.3 Å². The van der Waals surface area contributed by atoms with Crippen LogP contribution >= 0.6 is 0 Å². The monoisotopic (exact) mass is 520 g/mol. The van der Waals surface area contributed by atoms with E-state index in [1.54, 1.807) is 12.1 Å². The second kappa shape index (κ2) is 9.58. The third-order valence-electron chi connectivity index (χ3n) is 6.21. The van der Waals surface area contributed by atoms with Gasteiger partial charge in [0.2, 0.25) is 5.95 Å². The summed E-state index contributed by atoms with van der Waals surface area (Å²) in [5, 5.41) is 0. The molecule has 3 aromatic rings. The Bertz CT molecular complexity index is 1350. The molecule has 36 heavy (non-hydrogen) atoms. The molecule has 2 aliphatic heterocycles. The maximum atomic E-state index is 13.5. The molecule has 5 rings (SSSR count). The normalized spacial score (nSPS) is 18.3. The minimum absolute atomic E-state index is 0.0322. The van der Waals surface area contributed by atoms with Gasteiger partial charge in [-0.15, -0.1) is 0 Å². The molecular weight excluding hydrogens is 497 g/mol. The summed E-state index contributed by atoms with van der Waals surface area (Å²) < 4.78 is 79.8. The molecular formula is C24H23F3N4O4S. The van der Waals surface area contributed by atoms with E-state index < -0.39 is 21.8 Å². The Morgan fingerprint density at radius 3 is 2.42 bits per heavy atom. The van der Waals surface area contributed by atoms with Gasteiger partial charge in [-0.25, -0.2) is 23.1 Å². The lowest BCUT2D eigenvalue weighted by Gasteiger charge is -2.34. The zero-order valence-electron chi connectivity index (χ0n) is 19.0. The van der Waals surface area contributed by atoms with Crippen LogP contribution in [0.2, 0.25) is 0 Å². The molecule has 3 heterocycles. The maximum absolute atomic E-state index is 13.5. The van der Waals surface area contributed by atoms with Gasteiger partial charge in [0.25, 0.3) is 10.0 Å². The van der Waals surface area contributed by atoms with E-state index in [1.165, 1.54) is 36.7 Å². The van der Waals surface area contributed by atoms with Gasteiger partial charge in [-0.05, 0) is 36.2 Å². The van der Waals surface area contributed by atoms with Crippen molar-refractivity contribution in [3.8, 4) is 5.75 Å². The first-order valence-electron chi connectivity index (χ1n) is 11.3. The molecule has 1 saturated heterocycles. The lowest BCUT2D eigenvalue weighted by Crippen LogP contribution is -2.37. The quantitative estimate of drug-likeness (QED) is 0.543. The molecule has 2 aliphatic rings. The number of hydrogen-bond acceptors (Lipinski definition) is 7. The van der Waals surface area contributed by atoms with Gasteiger partial charge >= 0.3 is 6.18 Å². The van der Waals surface area contributed by atoms with Crippen molar-refractivity contribution in [1.29, 1.82) is 0 Å². The minimum atomic E-state index is -4.47. The number of rotatable bonds is 5. The molecule has 0 aliphatic carbocycles. The van der Waals surface area contributed by atoms with Crippen molar-refractivity contribution in [3.63, 3.8) is 0 Å². The summed E-state index contributed by atoms with van der Waals surface area (Å²) in [6.07, 6.45) is -1.09. The Labute approximate surface area is 206 Å². The average Bonchev–Trinajstić information content (AvgIpc) is 2.88. The molecule has 0 radical (unpaired) electrons. The van der Waals surface area contributed by atoms with Crippen LogP contribution < -0.4 is 14.4 Å². The number of aromatic nitrogens is 2. The van der Waals surface area contributed by atoms with E-state index in [-0.39, 0.29) is 16.8 Å². The first-order valence-corrected chi connectivity index (χ1v) is 12.8. The number of nitrogens with one attached hydrogen (secondary N) is 1. The summed E-state index contributed by atoms with van der Waals surface area (Å²) in [7, 11) is -3.98. The molecule has 8 nitrogen and oxygen atoms in total. The summed E-state index contributed by atoms with van der Waals surface area (Å²) >= 11 is 0. The molecule has 0 amide bonds. The third-order valence-corrected chi connectivity index (χ3v) is 7.54. The highest BCUT2D eigenvalue weighted by Crippen LogP contribution is 2.44. The third kappa shape index (κ3) is 4.96. The summed E-state index contributed by atoms with van der Waals surface area (Å²) in [5.41, 5.74) is 1.24. The summed E-state index contributed by atoms with van der Waals surface area (Å²) in [4.78, 5) is 9.64. The van der Waals surface area contributed by atoms with Gasteiger partial charge in [0.05, 0.1) is 30.3 Å². The number of morpholine rings is 1. The number of fused-ring (bicyclic) bond motifs is 1. The lowest BCUT2D eigenvalue weighted by atomic mass is 9.85. The van der Waals surface area contributed by atoms with Crippen molar-refractivity contribution < 1.29 is 31.1 Å². The number of benzene rings is 2. The minimum Gasteiger partial charge on any atom is -0.493 e. The van der Waals surface area contributed by atoms with Crippen molar-refractivity contribution >= 4 is 21.7 Å². The van der Waals surface area contributed by atoms with Gasteiger partial charge in [0.15, 0.2) is 0 Å². The maximum Gasteiger partial charge on any atom is 0.416 e. The zero-order chi connectivity index (χ0) is 25.3. The second-order valence-corrected chi connectivity index (χ2v) is 10.1. The van der Waals surface area contributed by atoms with Crippen LogP contribution in [0, 0.1) is 0 Å². The van der Waals surface area contributed by atoms with Crippen molar-refractivity contribution in [2.45, 2.75) is 23.4 Å². The van der Waals surface area contributed by atoms with Gasteiger partial charge in [0, 0.05) is 48.7 Å². The van der Waals surface area contributed by atoms with Crippen LogP contribution in [-0.2, 0) is 20.9 Å². The fraction of sp³-hybridized carbons (Fsp3) is 0.333. The average molecular weight is 521 g/mol. The van der Waals surface area contributed by atoms with E-state index in [1.807, 2.05) is 4.90 Å². The van der Waals surface area contributed by atoms with Crippen LogP contribution in [0.3, 0.4) is 0 Å². The first kappa shape index (κ1) is 24.3. The van der Waals surface area contributed by atoms with E-state index in [9.17, 15) is 21.6 Å². The largest absolute Gasteiger partial charge is 0.493 e. The van der Waals surface area contributed by atoms with Crippen LogP contribution in [0.15, 0.2) is 59.8 Å². The Kier molecular flexibility index (Phi) is 6.47. The number of hydrogen-bond donors (Lipinski definition) is 1. The molecule has 0 saturated carbocycles. The van der Waals surface area contributed by atoms with E-state index in [0.717, 1.165) is 11.6 Å². The number of anilines is 2. The Hall–Kier alpha value is -3.38. The topological polar surface area (TPSA) is 93.7 Å². The first-order chi connectivity index (χ1) is 17.2. The van der Waals surface area contributed by atoms with E-state index in [2.05, 4.69) is 14.7 Å². The summed E-state index contributed by atoms with van der Waals surface area (Å²) in [6.45, 7) is 2.11. The molecule has 1 fully saturated rings. The molecule has 1 aromatic heterocycles. The van der Waals surface area contributed by atoms with Crippen LogP contribution in [0.25, 0.3) is 0 Å². The summed E-state index contributed by atoms with van der Waals surface area (Å²) in [6, 6.07) is 9.90. The highest BCUT2D eigenvalue weighted by molar-refractivity contribution is 7.92. The molecule has 12 heteroatoms. The standard InChI is InChI=1S/C24H23F3N4O4S/c25-24(26,27)16-2-4-19(21(14-16)31-9-12-34-13-10-31)18-6-11-35-22-15-17(3-5-20(18)22)36(32,33)30-23-28-7-1-8-29-23/h1-5,7-8,14-15,18H,6,9-13H2,(H,28,29,30)/t18-/m0/s1. The highest BCUT2D eigenvalue weighted by Gasteiger charge is 2.34. The van der Waals surface area contributed by atoms with Gasteiger partial charge in [0.1, 0.15) is 5.75 Å². The van der Waals surface area contributed by atoms with Gasteiger partial charge in [-0.2, -0.15) is 13.2 Å². The van der Waals surface area contributed by atoms with Gasteiger partial charge < -0.3 is 14.4 Å².